The van der Waals surface area contributed by atoms with E-state index >= 15 is 0 Å². The van der Waals surface area contributed by atoms with Crippen LogP contribution in [0.15, 0.2) is 72.8 Å². The lowest BCUT2D eigenvalue weighted by molar-refractivity contribution is 0.126. The predicted octanol–water partition coefficient (Wildman–Crippen LogP) is 5.30. The van der Waals surface area contributed by atoms with E-state index in [1.807, 2.05) is 31.2 Å². The number of urea groups is 1. The van der Waals surface area contributed by atoms with Crippen molar-refractivity contribution in [2.75, 3.05) is 38.1 Å². The second kappa shape index (κ2) is 10.4. The summed E-state index contributed by atoms with van der Waals surface area (Å²) in [7, 11) is 0. The number of rotatable bonds is 6. The zero-order valence-corrected chi connectivity index (χ0v) is 18.5. The number of ether oxygens (including phenoxy) is 1. The number of halogens is 2. The molecule has 4 rings (SSSR count). The summed E-state index contributed by atoms with van der Waals surface area (Å²) in [6, 6.07) is 19.8. The first-order valence-corrected chi connectivity index (χ1v) is 11.1. The summed E-state index contributed by atoms with van der Waals surface area (Å²) in [5, 5.41) is 2.93. The van der Waals surface area contributed by atoms with Crippen LogP contribution in [-0.4, -0.2) is 48.6 Å². The molecule has 0 radical (unpaired) electrons. The molecule has 0 aromatic heterocycles. The predicted molar refractivity (Wildman–Crippen MR) is 124 cm³/mol. The minimum Gasteiger partial charge on any atom is -0.494 e. The fourth-order valence-electron chi connectivity index (χ4n) is 4.09. The number of nitrogens with zero attached hydrogens (tertiary/aromatic N) is 2. The molecule has 7 heteroatoms. The number of carbonyl (C=O) groups is 1. The van der Waals surface area contributed by atoms with Crippen LogP contribution in [0.2, 0.25) is 0 Å². The lowest BCUT2D eigenvalue weighted by Gasteiger charge is -2.39. The fourth-order valence-corrected chi connectivity index (χ4v) is 4.09. The number of hydrogen-bond acceptors (Lipinski definition) is 3. The smallest absolute Gasteiger partial charge is 0.321 e. The number of amides is 2. The van der Waals surface area contributed by atoms with Crippen molar-refractivity contribution < 1.29 is 18.3 Å². The molecule has 2 amide bonds. The van der Waals surface area contributed by atoms with Crippen LogP contribution < -0.4 is 10.1 Å². The van der Waals surface area contributed by atoms with Gasteiger partial charge in [-0.1, -0.05) is 24.3 Å². The van der Waals surface area contributed by atoms with Crippen LogP contribution in [0.25, 0.3) is 0 Å². The third-order valence-electron chi connectivity index (χ3n) is 5.75. The molecule has 0 unspecified atom stereocenters. The molecule has 0 bridgehead atoms. The summed E-state index contributed by atoms with van der Waals surface area (Å²) in [4.78, 5) is 16.8. The van der Waals surface area contributed by atoms with E-state index in [4.69, 9.17) is 4.74 Å². The Bertz CT molecular complexity index is 1000. The quantitative estimate of drug-likeness (QED) is 0.553. The van der Waals surface area contributed by atoms with E-state index in [1.165, 1.54) is 24.3 Å². The Morgan fingerprint density at radius 1 is 0.848 bits per heavy atom. The summed E-state index contributed by atoms with van der Waals surface area (Å²) < 4.78 is 32.4. The zero-order valence-electron chi connectivity index (χ0n) is 18.5. The van der Waals surface area contributed by atoms with Gasteiger partial charge in [0, 0.05) is 31.9 Å². The van der Waals surface area contributed by atoms with E-state index in [0.29, 0.717) is 38.5 Å². The average molecular weight is 452 g/mol. The molecule has 0 atom stereocenters. The highest BCUT2D eigenvalue weighted by Crippen LogP contribution is 2.30. The van der Waals surface area contributed by atoms with Gasteiger partial charge in [-0.05, 0) is 66.6 Å². The maximum absolute atomic E-state index is 13.5. The molecule has 1 fully saturated rings. The summed E-state index contributed by atoms with van der Waals surface area (Å²) in [5.74, 6) is 0.163. The molecule has 3 aromatic carbocycles. The van der Waals surface area contributed by atoms with Crippen LogP contribution in [0.3, 0.4) is 0 Å². The summed E-state index contributed by atoms with van der Waals surface area (Å²) in [5.41, 5.74) is 2.56. The van der Waals surface area contributed by atoms with Crippen LogP contribution in [-0.2, 0) is 0 Å². The van der Waals surface area contributed by atoms with Crippen molar-refractivity contribution in [3.63, 3.8) is 0 Å². The Kier molecular flexibility index (Phi) is 7.19. The van der Waals surface area contributed by atoms with Crippen LogP contribution in [0, 0.1) is 11.6 Å². The summed E-state index contributed by atoms with van der Waals surface area (Å²) >= 11 is 0. The molecule has 1 saturated heterocycles. The monoisotopic (exact) mass is 451 g/mol. The van der Waals surface area contributed by atoms with Crippen molar-refractivity contribution >= 4 is 11.7 Å². The van der Waals surface area contributed by atoms with Gasteiger partial charge in [-0.2, -0.15) is 0 Å². The van der Waals surface area contributed by atoms with Gasteiger partial charge in [0.25, 0.3) is 0 Å². The highest BCUT2D eigenvalue weighted by atomic mass is 19.1. The van der Waals surface area contributed by atoms with Gasteiger partial charge < -0.3 is 15.0 Å². The Morgan fingerprint density at radius 3 is 1.85 bits per heavy atom. The maximum Gasteiger partial charge on any atom is 0.321 e. The normalized spacial score (nSPS) is 14.4. The summed E-state index contributed by atoms with van der Waals surface area (Å²) in [6.45, 7) is 4.87. The third kappa shape index (κ3) is 5.68. The van der Waals surface area contributed by atoms with E-state index in [0.717, 1.165) is 16.9 Å². The minimum atomic E-state index is -0.299. The van der Waals surface area contributed by atoms with Crippen molar-refractivity contribution in [1.82, 2.24) is 9.80 Å². The molecular weight excluding hydrogens is 424 g/mol. The molecular formula is C26H27F2N3O2. The minimum absolute atomic E-state index is 0.150. The van der Waals surface area contributed by atoms with E-state index in [2.05, 4.69) is 10.2 Å². The first-order valence-electron chi connectivity index (χ1n) is 11.1. The fraction of sp³-hybridized carbons (Fsp3) is 0.269. The van der Waals surface area contributed by atoms with Crippen molar-refractivity contribution in [2.45, 2.75) is 13.0 Å². The number of nitrogens with one attached hydrogen (secondary N) is 1. The Labute approximate surface area is 192 Å². The molecule has 0 saturated carbocycles. The Morgan fingerprint density at radius 2 is 1.36 bits per heavy atom. The molecule has 1 aliphatic heterocycles. The van der Waals surface area contributed by atoms with Gasteiger partial charge in [-0.3, -0.25) is 4.90 Å². The lowest BCUT2D eigenvalue weighted by Crippen LogP contribution is -2.51. The van der Waals surface area contributed by atoms with E-state index < -0.39 is 0 Å². The van der Waals surface area contributed by atoms with Gasteiger partial charge in [0.15, 0.2) is 0 Å². The van der Waals surface area contributed by atoms with Crippen LogP contribution in [0.1, 0.15) is 24.1 Å². The molecule has 1 N–H and O–H groups in total. The molecule has 3 aromatic rings. The first-order chi connectivity index (χ1) is 16.0. The molecule has 172 valence electrons. The molecule has 33 heavy (non-hydrogen) atoms. The first kappa shape index (κ1) is 22.7. The van der Waals surface area contributed by atoms with Crippen molar-refractivity contribution in [1.29, 1.82) is 0 Å². The number of hydrogen-bond donors (Lipinski definition) is 1. The molecule has 1 heterocycles. The molecule has 0 spiro atoms. The van der Waals surface area contributed by atoms with Crippen LogP contribution >= 0.6 is 0 Å². The Balaban J connectivity index is 1.43. The average Bonchev–Trinajstić information content (AvgIpc) is 2.83. The highest BCUT2D eigenvalue weighted by molar-refractivity contribution is 5.89. The second-order valence-corrected chi connectivity index (χ2v) is 7.92. The van der Waals surface area contributed by atoms with Crippen molar-refractivity contribution in [3.05, 3.63) is 95.6 Å². The van der Waals surface area contributed by atoms with Gasteiger partial charge in [0.1, 0.15) is 17.4 Å². The third-order valence-corrected chi connectivity index (χ3v) is 5.75. The SMILES string of the molecule is CCOc1ccc(NC(=O)N2CCN(C(c3ccc(F)cc3)c3ccc(F)cc3)CC2)cc1. The largest absolute Gasteiger partial charge is 0.494 e. The maximum atomic E-state index is 13.5. The van der Waals surface area contributed by atoms with E-state index in [1.54, 1.807) is 29.2 Å². The number of piperazine rings is 1. The van der Waals surface area contributed by atoms with Gasteiger partial charge in [-0.15, -0.1) is 0 Å². The van der Waals surface area contributed by atoms with E-state index in [9.17, 15) is 13.6 Å². The number of carbonyl (C=O) groups excluding carboxylic acids is 1. The van der Waals surface area contributed by atoms with Crippen molar-refractivity contribution in [3.8, 4) is 5.75 Å². The zero-order chi connectivity index (χ0) is 23.2. The van der Waals surface area contributed by atoms with Crippen molar-refractivity contribution in [2.24, 2.45) is 0 Å². The summed E-state index contributed by atoms with van der Waals surface area (Å²) in [6.07, 6.45) is 0. The lowest BCUT2D eigenvalue weighted by atomic mass is 9.96. The topological polar surface area (TPSA) is 44.8 Å². The molecule has 1 aliphatic rings. The molecule has 5 nitrogen and oxygen atoms in total. The highest BCUT2D eigenvalue weighted by Gasteiger charge is 2.28. The van der Waals surface area contributed by atoms with Gasteiger partial charge in [-0.25, -0.2) is 13.6 Å². The standard InChI is InChI=1S/C26H27F2N3O2/c1-2-33-24-13-11-23(12-14-24)29-26(32)31-17-15-30(16-18-31)25(19-3-7-21(27)8-4-19)20-5-9-22(28)10-6-20/h3-14,25H,2,15-18H2,1H3,(H,29,32). The molecule has 0 aliphatic carbocycles. The number of benzene rings is 3. The number of anilines is 1. The van der Waals surface area contributed by atoms with Crippen LogP contribution in [0.4, 0.5) is 19.3 Å². The van der Waals surface area contributed by atoms with Crippen LogP contribution in [0.5, 0.6) is 5.75 Å². The van der Waals surface area contributed by atoms with Gasteiger partial charge >= 0.3 is 6.03 Å². The Hall–Kier alpha value is -3.45. The second-order valence-electron chi connectivity index (χ2n) is 7.92. The van der Waals surface area contributed by atoms with Gasteiger partial charge in [0.2, 0.25) is 0 Å². The van der Waals surface area contributed by atoms with Gasteiger partial charge in [0.05, 0.1) is 12.6 Å². The van der Waals surface area contributed by atoms with E-state index in [-0.39, 0.29) is 23.7 Å².